The summed E-state index contributed by atoms with van der Waals surface area (Å²) >= 11 is 0.137. The Balaban J connectivity index is 2.11. The van der Waals surface area contributed by atoms with E-state index >= 15 is 0 Å². The van der Waals surface area contributed by atoms with Crippen molar-refractivity contribution in [2.45, 2.75) is 12.8 Å². The number of H-pyrrole nitrogens is 1. The molecule has 3 nitrogen and oxygen atoms in total. The number of esters is 1. The van der Waals surface area contributed by atoms with Crippen molar-refractivity contribution in [1.82, 2.24) is 4.98 Å². The number of fused-ring (bicyclic) bond motifs is 1. The molecule has 3 rings (SSSR count). The zero-order valence-electron chi connectivity index (χ0n) is 12.5. The summed E-state index contributed by atoms with van der Waals surface area (Å²) in [6.07, 6.45) is 0. The van der Waals surface area contributed by atoms with E-state index < -0.39 is 0 Å². The zero-order valence-corrected chi connectivity index (χ0v) is 14.2. The normalized spacial score (nSPS) is 12.3. The number of aromatic nitrogens is 1. The fourth-order valence-electron chi connectivity index (χ4n) is 2.45. The second-order valence-electron chi connectivity index (χ2n) is 5.07. The molecule has 3 aromatic rings. The van der Waals surface area contributed by atoms with Crippen LogP contribution >= 0.6 is 0 Å². The van der Waals surface area contributed by atoms with E-state index in [1.54, 1.807) is 0 Å². The van der Waals surface area contributed by atoms with Crippen LogP contribution in [0.5, 0.6) is 0 Å². The minimum atomic E-state index is -0.294. The number of para-hydroxylation sites is 1. The first-order chi connectivity index (χ1) is 10.7. The molecule has 0 aliphatic heterocycles. The van der Waals surface area contributed by atoms with Gasteiger partial charge in [-0.1, -0.05) is 0 Å². The molecule has 0 spiro atoms. The molecule has 2 aromatic carbocycles. The molecule has 0 aliphatic rings. The number of hydrogen-bond donors (Lipinski definition) is 1. The van der Waals surface area contributed by atoms with E-state index in [1.165, 1.54) is 21.4 Å². The predicted octanol–water partition coefficient (Wildman–Crippen LogP) is 2.10. The standard InChI is InChI=1S/C18H17NO2Se/c1-12(18(20)21-2)16-17(22-13-8-4-3-5-9-13)14-10-6-7-11-15(14)19-16/h3-12,19H,1-2H3. The number of aromatic amines is 1. The van der Waals surface area contributed by atoms with E-state index in [-0.39, 0.29) is 26.8 Å². The van der Waals surface area contributed by atoms with Crippen LogP contribution in [0.3, 0.4) is 0 Å². The summed E-state index contributed by atoms with van der Waals surface area (Å²) in [5, 5.41) is 1.19. The Bertz CT molecular complexity index is 795. The van der Waals surface area contributed by atoms with Gasteiger partial charge in [0.2, 0.25) is 0 Å². The molecule has 0 fully saturated rings. The molecule has 1 atom stereocenters. The third kappa shape index (κ3) is 2.80. The number of methoxy groups -OCH3 is 1. The van der Waals surface area contributed by atoms with Crippen molar-refractivity contribution in [2.75, 3.05) is 7.11 Å². The molecule has 4 heteroatoms. The molecule has 0 amide bonds. The summed E-state index contributed by atoms with van der Waals surface area (Å²) in [7, 11) is 1.43. The second-order valence-corrected chi connectivity index (χ2v) is 7.35. The second kappa shape index (κ2) is 6.39. The van der Waals surface area contributed by atoms with Crippen LogP contribution in [-0.2, 0) is 9.53 Å². The van der Waals surface area contributed by atoms with Gasteiger partial charge in [-0.15, -0.1) is 0 Å². The van der Waals surface area contributed by atoms with E-state index in [0.29, 0.717) is 0 Å². The maximum absolute atomic E-state index is 12.0. The van der Waals surface area contributed by atoms with Crippen LogP contribution in [0, 0.1) is 0 Å². The number of ether oxygens (including phenoxy) is 1. The average molecular weight is 358 g/mol. The molecule has 1 N–H and O–H groups in total. The Kier molecular flexibility index (Phi) is 4.32. The number of hydrogen-bond acceptors (Lipinski definition) is 2. The van der Waals surface area contributed by atoms with Crippen LogP contribution in [-0.4, -0.2) is 33.0 Å². The summed E-state index contributed by atoms with van der Waals surface area (Å²) in [6.45, 7) is 1.89. The van der Waals surface area contributed by atoms with E-state index in [2.05, 4.69) is 35.3 Å². The maximum atomic E-state index is 12.0. The summed E-state index contributed by atoms with van der Waals surface area (Å²) in [5.41, 5.74) is 2.04. The average Bonchev–Trinajstić information content (AvgIpc) is 2.93. The third-order valence-corrected chi connectivity index (χ3v) is 6.05. The van der Waals surface area contributed by atoms with Gasteiger partial charge in [-0.05, 0) is 0 Å². The first-order valence-corrected chi connectivity index (χ1v) is 8.83. The van der Waals surface area contributed by atoms with E-state index in [0.717, 1.165) is 11.2 Å². The summed E-state index contributed by atoms with van der Waals surface area (Å²) in [6, 6.07) is 18.6. The van der Waals surface area contributed by atoms with Gasteiger partial charge in [0.25, 0.3) is 0 Å². The van der Waals surface area contributed by atoms with Crippen LogP contribution in [0.15, 0.2) is 54.6 Å². The zero-order chi connectivity index (χ0) is 15.5. The number of carbonyl (C=O) groups excluding carboxylic acids is 1. The van der Waals surface area contributed by atoms with Gasteiger partial charge in [0, 0.05) is 0 Å². The summed E-state index contributed by atoms with van der Waals surface area (Å²) in [5.74, 6) is -0.505. The molecule has 112 valence electrons. The topological polar surface area (TPSA) is 42.1 Å². The molecule has 1 aromatic heterocycles. The summed E-state index contributed by atoms with van der Waals surface area (Å²) < 4.78 is 7.43. The Morgan fingerprint density at radius 3 is 2.50 bits per heavy atom. The molecule has 0 bridgehead atoms. The van der Waals surface area contributed by atoms with Crippen molar-refractivity contribution in [3.63, 3.8) is 0 Å². The Morgan fingerprint density at radius 2 is 1.77 bits per heavy atom. The number of benzene rings is 2. The van der Waals surface area contributed by atoms with Crippen LogP contribution in [0.25, 0.3) is 10.9 Å². The fourth-order valence-corrected chi connectivity index (χ4v) is 4.88. The molecule has 22 heavy (non-hydrogen) atoms. The van der Waals surface area contributed by atoms with Gasteiger partial charge >= 0.3 is 136 Å². The van der Waals surface area contributed by atoms with Gasteiger partial charge in [-0.2, -0.15) is 0 Å². The quantitative estimate of drug-likeness (QED) is 0.573. The predicted molar refractivity (Wildman–Crippen MR) is 90.2 cm³/mol. The van der Waals surface area contributed by atoms with Gasteiger partial charge in [0.1, 0.15) is 0 Å². The molecule has 0 saturated carbocycles. The molecule has 0 saturated heterocycles. The van der Waals surface area contributed by atoms with E-state index in [4.69, 9.17) is 4.74 Å². The van der Waals surface area contributed by atoms with Crippen molar-refractivity contribution < 1.29 is 9.53 Å². The summed E-state index contributed by atoms with van der Waals surface area (Å²) in [4.78, 5) is 15.4. The molecular weight excluding hydrogens is 341 g/mol. The van der Waals surface area contributed by atoms with Crippen molar-refractivity contribution in [3.8, 4) is 0 Å². The number of carbonyl (C=O) groups is 1. The van der Waals surface area contributed by atoms with Crippen molar-refractivity contribution in [2.24, 2.45) is 0 Å². The Hall–Kier alpha value is -2.03. The molecule has 0 radical (unpaired) electrons. The first-order valence-electron chi connectivity index (χ1n) is 7.12. The van der Waals surface area contributed by atoms with Gasteiger partial charge < -0.3 is 0 Å². The molecule has 1 unspecified atom stereocenters. The van der Waals surface area contributed by atoms with Crippen molar-refractivity contribution in [1.29, 1.82) is 0 Å². The SMILES string of the molecule is COC(=O)C(C)c1[nH]c2ccccc2c1[Se]c1ccccc1. The number of rotatable bonds is 4. The van der Waals surface area contributed by atoms with E-state index in [1.807, 2.05) is 31.2 Å². The third-order valence-electron chi connectivity index (χ3n) is 3.64. The first kappa shape index (κ1) is 14.9. The molecular formula is C18H17NO2Se. The van der Waals surface area contributed by atoms with Crippen LogP contribution in [0.4, 0.5) is 0 Å². The van der Waals surface area contributed by atoms with Gasteiger partial charge in [-0.25, -0.2) is 0 Å². The van der Waals surface area contributed by atoms with Gasteiger partial charge in [0.15, 0.2) is 0 Å². The van der Waals surface area contributed by atoms with Crippen LogP contribution in [0.2, 0.25) is 0 Å². The Labute approximate surface area is 135 Å². The van der Waals surface area contributed by atoms with Crippen LogP contribution in [0.1, 0.15) is 18.5 Å². The fraction of sp³-hybridized carbons (Fsp3) is 0.167. The minimum absolute atomic E-state index is 0.137. The Morgan fingerprint density at radius 1 is 1.09 bits per heavy atom. The van der Waals surface area contributed by atoms with Crippen LogP contribution < -0.4 is 8.92 Å². The van der Waals surface area contributed by atoms with Crippen molar-refractivity contribution in [3.05, 3.63) is 60.3 Å². The molecule has 1 heterocycles. The van der Waals surface area contributed by atoms with E-state index in [9.17, 15) is 4.79 Å². The monoisotopic (exact) mass is 359 g/mol. The molecule has 0 aliphatic carbocycles. The van der Waals surface area contributed by atoms with Crippen molar-refractivity contribution >= 4 is 40.8 Å². The van der Waals surface area contributed by atoms with Gasteiger partial charge in [0.05, 0.1) is 0 Å². The number of nitrogens with one attached hydrogen (secondary N) is 1. The van der Waals surface area contributed by atoms with Gasteiger partial charge in [-0.3, -0.25) is 0 Å².